The summed E-state index contributed by atoms with van der Waals surface area (Å²) in [4.78, 5) is 13.9. The van der Waals surface area contributed by atoms with Gasteiger partial charge in [-0.05, 0) is 37.2 Å². The van der Waals surface area contributed by atoms with E-state index in [-0.39, 0.29) is 17.3 Å². The molecule has 1 aromatic rings. The Kier molecular flexibility index (Phi) is 4.36. The minimum atomic E-state index is -3.27. The maximum atomic E-state index is 12.3. The lowest BCUT2D eigenvalue weighted by molar-refractivity contribution is 0.0252. The van der Waals surface area contributed by atoms with Gasteiger partial charge in [-0.2, -0.15) is 0 Å². The maximum Gasteiger partial charge on any atom is 0.253 e. The van der Waals surface area contributed by atoms with Gasteiger partial charge in [-0.15, -0.1) is 0 Å². The van der Waals surface area contributed by atoms with Gasteiger partial charge in [-0.25, -0.2) is 8.42 Å². The Bertz CT molecular complexity index is 619. The Morgan fingerprint density at radius 2 is 2.00 bits per heavy atom. The number of benzene rings is 1. The minimum Gasteiger partial charge on any atom is -0.387 e. The molecular formula is C14H20N2O4S. The number of nitrogens with one attached hydrogen (secondary N) is 1. The third-order valence-corrected chi connectivity index (χ3v) is 4.76. The Labute approximate surface area is 124 Å². The zero-order valence-corrected chi connectivity index (χ0v) is 13.0. The predicted molar refractivity (Wildman–Crippen MR) is 78.9 cm³/mol. The summed E-state index contributed by atoms with van der Waals surface area (Å²) in [6.07, 6.45) is 1.73. The van der Waals surface area contributed by atoms with Crippen LogP contribution in [0, 0.1) is 0 Å². The van der Waals surface area contributed by atoms with E-state index in [1.165, 1.54) is 29.2 Å². The number of nitrogens with zero attached hydrogens (tertiary/aromatic N) is 1. The third-order valence-electron chi connectivity index (χ3n) is 3.63. The molecule has 1 aliphatic heterocycles. The van der Waals surface area contributed by atoms with Gasteiger partial charge in [0.15, 0.2) is 9.84 Å². The van der Waals surface area contributed by atoms with Crippen LogP contribution in [0.1, 0.15) is 16.8 Å². The van der Waals surface area contributed by atoms with E-state index in [2.05, 4.69) is 5.32 Å². The number of carbonyl (C=O) groups is 1. The van der Waals surface area contributed by atoms with E-state index < -0.39 is 15.4 Å². The molecule has 1 unspecified atom stereocenters. The SMILES string of the molecule is CN(CC1(O)CCNC1)C(=O)c1ccc(S(C)(=O)=O)cc1. The summed E-state index contributed by atoms with van der Waals surface area (Å²) in [7, 11) is -1.64. The fourth-order valence-corrected chi connectivity index (χ4v) is 3.07. The fourth-order valence-electron chi connectivity index (χ4n) is 2.44. The van der Waals surface area contributed by atoms with Gasteiger partial charge in [-0.1, -0.05) is 0 Å². The maximum absolute atomic E-state index is 12.3. The van der Waals surface area contributed by atoms with Gasteiger partial charge in [0.2, 0.25) is 0 Å². The minimum absolute atomic E-state index is 0.181. The highest BCUT2D eigenvalue weighted by Gasteiger charge is 2.33. The molecule has 1 aromatic carbocycles. The molecular weight excluding hydrogens is 292 g/mol. The van der Waals surface area contributed by atoms with Crippen molar-refractivity contribution in [2.45, 2.75) is 16.9 Å². The molecule has 1 aliphatic rings. The van der Waals surface area contributed by atoms with Crippen molar-refractivity contribution in [3.05, 3.63) is 29.8 Å². The van der Waals surface area contributed by atoms with Crippen LogP contribution in [0.5, 0.6) is 0 Å². The van der Waals surface area contributed by atoms with Gasteiger partial charge >= 0.3 is 0 Å². The number of rotatable bonds is 4. The van der Waals surface area contributed by atoms with Crippen LogP contribution in [-0.2, 0) is 9.84 Å². The lowest BCUT2D eigenvalue weighted by atomic mass is 10.0. The molecule has 7 heteroatoms. The van der Waals surface area contributed by atoms with Crippen molar-refractivity contribution < 1.29 is 18.3 Å². The highest BCUT2D eigenvalue weighted by molar-refractivity contribution is 7.90. The smallest absolute Gasteiger partial charge is 0.253 e. The van der Waals surface area contributed by atoms with Gasteiger partial charge in [0.1, 0.15) is 0 Å². The second-order valence-corrected chi connectivity index (χ2v) is 7.62. The Hall–Kier alpha value is -1.44. The lowest BCUT2D eigenvalue weighted by Crippen LogP contribution is -2.45. The first-order valence-electron chi connectivity index (χ1n) is 6.70. The number of hydrogen-bond acceptors (Lipinski definition) is 5. The van der Waals surface area contributed by atoms with Crippen molar-refractivity contribution in [2.24, 2.45) is 0 Å². The zero-order chi connectivity index (χ0) is 15.7. The van der Waals surface area contributed by atoms with Gasteiger partial charge < -0.3 is 15.3 Å². The summed E-state index contributed by atoms with van der Waals surface area (Å²) in [5.41, 5.74) is -0.489. The Balaban J connectivity index is 2.09. The number of aliphatic hydroxyl groups is 1. The highest BCUT2D eigenvalue weighted by Crippen LogP contribution is 2.17. The van der Waals surface area contributed by atoms with Crippen LogP contribution in [-0.4, -0.2) is 62.9 Å². The molecule has 1 amide bonds. The molecule has 1 saturated heterocycles. The second kappa shape index (κ2) is 5.75. The summed E-state index contributed by atoms with van der Waals surface area (Å²) in [5.74, 6) is -0.240. The molecule has 1 fully saturated rings. The van der Waals surface area contributed by atoms with Crippen molar-refractivity contribution >= 4 is 15.7 Å². The van der Waals surface area contributed by atoms with Gasteiger partial charge in [0.05, 0.1) is 17.0 Å². The van der Waals surface area contributed by atoms with Gasteiger partial charge in [-0.3, -0.25) is 4.79 Å². The van der Waals surface area contributed by atoms with E-state index in [1.54, 1.807) is 7.05 Å². The van der Waals surface area contributed by atoms with E-state index in [0.717, 1.165) is 12.8 Å². The molecule has 2 N–H and O–H groups in total. The molecule has 0 spiro atoms. The van der Waals surface area contributed by atoms with E-state index in [1.807, 2.05) is 0 Å². The van der Waals surface area contributed by atoms with Crippen LogP contribution < -0.4 is 5.32 Å². The number of sulfone groups is 1. The average molecular weight is 312 g/mol. The quantitative estimate of drug-likeness (QED) is 0.810. The van der Waals surface area contributed by atoms with Crippen LogP contribution in [0.15, 0.2) is 29.2 Å². The molecule has 1 heterocycles. The monoisotopic (exact) mass is 312 g/mol. The fraction of sp³-hybridized carbons (Fsp3) is 0.500. The van der Waals surface area contributed by atoms with Crippen molar-refractivity contribution in [3.8, 4) is 0 Å². The summed E-state index contributed by atoms with van der Waals surface area (Å²) in [5, 5.41) is 13.3. The molecule has 0 radical (unpaired) electrons. The first-order chi connectivity index (χ1) is 9.71. The topological polar surface area (TPSA) is 86.7 Å². The molecule has 2 rings (SSSR count). The summed E-state index contributed by atoms with van der Waals surface area (Å²) in [6.45, 7) is 1.45. The Morgan fingerprint density at radius 1 is 1.38 bits per heavy atom. The second-order valence-electron chi connectivity index (χ2n) is 5.61. The summed E-state index contributed by atoms with van der Waals surface area (Å²) >= 11 is 0. The Morgan fingerprint density at radius 3 is 2.48 bits per heavy atom. The number of β-amino-alcohol motifs (C(OH)–C–C–N with tert-alkyl or cyclic N) is 1. The van der Waals surface area contributed by atoms with E-state index in [0.29, 0.717) is 18.5 Å². The molecule has 0 aliphatic carbocycles. The van der Waals surface area contributed by atoms with Crippen molar-refractivity contribution in [2.75, 3.05) is 32.9 Å². The largest absolute Gasteiger partial charge is 0.387 e. The molecule has 0 aromatic heterocycles. The van der Waals surface area contributed by atoms with Crippen molar-refractivity contribution in [1.82, 2.24) is 10.2 Å². The van der Waals surface area contributed by atoms with E-state index >= 15 is 0 Å². The van der Waals surface area contributed by atoms with Crippen molar-refractivity contribution in [3.63, 3.8) is 0 Å². The molecule has 6 nitrogen and oxygen atoms in total. The number of carbonyl (C=O) groups excluding carboxylic acids is 1. The van der Waals surface area contributed by atoms with Crippen LogP contribution >= 0.6 is 0 Å². The predicted octanol–water partition coefficient (Wildman–Crippen LogP) is -0.113. The van der Waals surface area contributed by atoms with Gasteiger partial charge in [0.25, 0.3) is 5.91 Å². The molecule has 1 atom stereocenters. The number of amides is 1. The summed E-state index contributed by atoms with van der Waals surface area (Å²) in [6, 6.07) is 5.82. The number of hydrogen-bond donors (Lipinski definition) is 2. The lowest BCUT2D eigenvalue weighted by Gasteiger charge is -2.28. The van der Waals surface area contributed by atoms with Crippen LogP contribution in [0.25, 0.3) is 0 Å². The van der Waals surface area contributed by atoms with Crippen LogP contribution in [0.2, 0.25) is 0 Å². The van der Waals surface area contributed by atoms with E-state index in [4.69, 9.17) is 0 Å². The summed E-state index contributed by atoms with van der Waals surface area (Å²) < 4.78 is 22.8. The standard InChI is InChI=1S/C14H20N2O4S/c1-16(10-14(18)7-8-15-9-14)13(17)11-3-5-12(6-4-11)21(2,19)20/h3-6,15,18H,7-10H2,1-2H3. The first-order valence-corrected chi connectivity index (χ1v) is 8.59. The van der Waals surface area contributed by atoms with Crippen LogP contribution in [0.4, 0.5) is 0 Å². The number of likely N-dealkylation sites (N-methyl/N-ethyl adjacent to an activating group) is 1. The molecule has 21 heavy (non-hydrogen) atoms. The van der Waals surface area contributed by atoms with Crippen LogP contribution in [0.3, 0.4) is 0 Å². The average Bonchev–Trinajstić information content (AvgIpc) is 2.83. The zero-order valence-electron chi connectivity index (χ0n) is 12.2. The molecule has 0 saturated carbocycles. The van der Waals surface area contributed by atoms with Crippen molar-refractivity contribution in [1.29, 1.82) is 0 Å². The highest BCUT2D eigenvalue weighted by atomic mass is 32.2. The first kappa shape index (κ1) is 15.9. The third kappa shape index (κ3) is 3.81. The normalized spacial score (nSPS) is 22.2. The van der Waals surface area contributed by atoms with Gasteiger partial charge in [0, 0.05) is 25.4 Å². The van der Waals surface area contributed by atoms with E-state index in [9.17, 15) is 18.3 Å². The molecule has 0 bridgehead atoms. The molecule has 116 valence electrons.